The van der Waals surface area contributed by atoms with Crippen LogP contribution in [-0.2, 0) is 9.84 Å². The molecular formula is C8H16N2O3S. The summed E-state index contributed by atoms with van der Waals surface area (Å²) in [6.45, 7) is 0.408. The van der Waals surface area contributed by atoms with E-state index >= 15 is 0 Å². The van der Waals surface area contributed by atoms with E-state index in [1.54, 1.807) is 0 Å². The summed E-state index contributed by atoms with van der Waals surface area (Å²) in [5, 5.41) is 5.36. The van der Waals surface area contributed by atoms with Crippen LogP contribution in [0.5, 0.6) is 0 Å². The maximum atomic E-state index is 11.0. The van der Waals surface area contributed by atoms with Gasteiger partial charge in [0, 0.05) is 18.8 Å². The normalized spacial score (nSPS) is 16.4. The van der Waals surface area contributed by atoms with Crippen LogP contribution in [0.1, 0.15) is 19.3 Å². The number of carbonyl (C=O) groups is 1. The number of urea groups is 1. The maximum absolute atomic E-state index is 11.0. The fraction of sp³-hybridized carbons (Fsp3) is 0.875. The minimum Gasteiger partial charge on any atom is -0.338 e. The van der Waals surface area contributed by atoms with Gasteiger partial charge in [0.2, 0.25) is 0 Å². The van der Waals surface area contributed by atoms with Crippen LogP contribution in [0.15, 0.2) is 0 Å². The van der Waals surface area contributed by atoms with Crippen molar-refractivity contribution in [3.63, 3.8) is 0 Å². The lowest BCUT2D eigenvalue weighted by Gasteiger charge is -2.05. The van der Waals surface area contributed by atoms with Gasteiger partial charge in [-0.15, -0.1) is 0 Å². The van der Waals surface area contributed by atoms with E-state index in [0.717, 1.165) is 12.8 Å². The van der Waals surface area contributed by atoms with Crippen molar-refractivity contribution in [1.29, 1.82) is 0 Å². The molecule has 0 aromatic rings. The van der Waals surface area contributed by atoms with Gasteiger partial charge in [0.1, 0.15) is 9.84 Å². The molecule has 6 heteroatoms. The highest BCUT2D eigenvalue weighted by Gasteiger charge is 2.22. The van der Waals surface area contributed by atoms with Crippen molar-refractivity contribution in [2.45, 2.75) is 25.3 Å². The van der Waals surface area contributed by atoms with Crippen LogP contribution in [0.25, 0.3) is 0 Å². The van der Waals surface area contributed by atoms with Gasteiger partial charge in [-0.2, -0.15) is 0 Å². The molecule has 0 unspecified atom stereocenters. The third-order valence-electron chi connectivity index (χ3n) is 1.89. The fourth-order valence-corrected chi connectivity index (χ4v) is 1.67. The van der Waals surface area contributed by atoms with Crippen molar-refractivity contribution < 1.29 is 13.2 Å². The zero-order chi connectivity index (χ0) is 10.6. The number of rotatable bonds is 5. The monoisotopic (exact) mass is 220 g/mol. The molecule has 0 aromatic carbocycles. The average molecular weight is 220 g/mol. The molecule has 0 atom stereocenters. The number of hydrogen-bond acceptors (Lipinski definition) is 3. The van der Waals surface area contributed by atoms with Crippen LogP contribution in [0.2, 0.25) is 0 Å². The molecule has 0 aliphatic heterocycles. The molecule has 0 spiro atoms. The molecule has 1 saturated carbocycles. The summed E-state index contributed by atoms with van der Waals surface area (Å²) in [4.78, 5) is 11.0. The van der Waals surface area contributed by atoms with E-state index in [9.17, 15) is 13.2 Å². The van der Waals surface area contributed by atoms with Crippen molar-refractivity contribution >= 4 is 15.9 Å². The summed E-state index contributed by atoms with van der Waals surface area (Å²) in [6.07, 6.45) is 3.77. The quantitative estimate of drug-likeness (QED) is 0.634. The third kappa shape index (κ3) is 5.80. The van der Waals surface area contributed by atoms with Gasteiger partial charge in [-0.05, 0) is 19.3 Å². The summed E-state index contributed by atoms with van der Waals surface area (Å²) in [5.74, 6) is 0.122. The molecule has 5 nitrogen and oxygen atoms in total. The van der Waals surface area contributed by atoms with E-state index in [-0.39, 0.29) is 11.8 Å². The predicted molar refractivity (Wildman–Crippen MR) is 53.9 cm³/mol. The largest absolute Gasteiger partial charge is 0.338 e. The number of amides is 2. The van der Waals surface area contributed by atoms with E-state index in [2.05, 4.69) is 10.6 Å². The Balaban J connectivity index is 2.00. The van der Waals surface area contributed by atoms with Crippen LogP contribution >= 0.6 is 0 Å². The van der Waals surface area contributed by atoms with Crippen LogP contribution in [0.4, 0.5) is 4.79 Å². The molecule has 1 fully saturated rings. The van der Waals surface area contributed by atoms with E-state index < -0.39 is 9.84 Å². The van der Waals surface area contributed by atoms with Crippen molar-refractivity contribution in [2.24, 2.45) is 0 Å². The molecule has 82 valence electrons. The Morgan fingerprint density at radius 1 is 1.43 bits per heavy atom. The van der Waals surface area contributed by atoms with E-state index in [1.165, 1.54) is 6.26 Å². The molecule has 0 bridgehead atoms. The zero-order valence-electron chi connectivity index (χ0n) is 8.25. The number of hydrogen-bond donors (Lipinski definition) is 2. The SMILES string of the molecule is CS(=O)(=O)CCCNC(=O)NC1CC1. The standard InChI is InChI=1S/C8H16N2O3S/c1-14(12,13)6-2-5-9-8(11)10-7-3-4-7/h7H,2-6H2,1H3,(H2,9,10,11). The van der Waals surface area contributed by atoms with E-state index in [4.69, 9.17) is 0 Å². The topological polar surface area (TPSA) is 75.3 Å². The van der Waals surface area contributed by atoms with Gasteiger partial charge < -0.3 is 10.6 Å². The highest BCUT2D eigenvalue weighted by molar-refractivity contribution is 7.90. The number of nitrogens with one attached hydrogen (secondary N) is 2. The second-order valence-corrected chi connectivity index (χ2v) is 5.92. The minimum atomic E-state index is -2.90. The maximum Gasteiger partial charge on any atom is 0.315 e. The molecule has 2 amide bonds. The average Bonchev–Trinajstić information content (AvgIpc) is 2.80. The summed E-state index contributed by atoms with van der Waals surface area (Å²) in [6, 6.07) is 0.144. The first-order valence-electron chi connectivity index (χ1n) is 4.69. The Kier molecular flexibility index (Phi) is 3.74. The lowest BCUT2D eigenvalue weighted by molar-refractivity contribution is 0.240. The molecule has 0 radical (unpaired) electrons. The summed E-state index contributed by atoms with van der Waals surface area (Å²) < 4.78 is 21.5. The highest BCUT2D eigenvalue weighted by Crippen LogP contribution is 2.18. The molecule has 1 aliphatic rings. The van der Waals surface area contributed by atoms with Gasteiger partial charge >= 0.3 is 6.03 Å². The van der Waals surface area contributed by atoms with Crippen molar-refractivity contribution in [3.05, 3.63) is 0 Å². The lowest BCUT2D eigenvalue weighted by Crippen LogP contribution is -2.37. The first-order chi connectivity index (χ1) is 6.47. The van der Waals surface area contributed by atoms with Gasteiger partial charge in [0.25, 0.3) is 0 Å². The van der Waals surface area contributed by atoms with Gasteiger partial charge in [-0.25, -0.2) is 13.2 Å². The first kappa shape index (κ1) is 11.3. The van der Waals surface area contributed by atoms with Gasteiger partial charge in [-0.1, -0.05) is 0 Å². The van der Waals surface area contributed by atoms with Crippen molar-refractivity contribution in [3.8, 4) is 0 Å². The second-order valence-electron chi connectivity index (χ2n) is 3.66. The van der Waals surface area contributed by atoms with Gasteiger partial charge in [0.05, 0.1) is 5.75 Å². The molecule has 2 N–H and O–H groups in total. The molecule has 1 aliphatic carbocycles. The Morgan fingerprint density at radius 3 is 2.57 bits per heavy atom. The molecule has 1 rings (SSSR count). The molecule has 14 heavy (non-hydrogen) atoms. The number of sulfone groups is 1. The zero-order valence-corrected chi connectivity index (χ0v) is 9.06. The van der Waals surface area contributed by atoms with E-state index in [0.29, 0.717) is 19.0 Å². The van der Waals surface area contributed by atoms with Gasteiger partial charge in [-0.3, -0.25) is 0 Å². The molecule has 0 aromatic heterocycles. The Hall–Kier alpha value is -0.780. The van der Waals surface area contributed by atoms with Crippen LogP contribution in [-0.4, -0.2) is 39.0 Å². The van der Waals surface area contributed by atoms with E-state index in [1.807, 2.05) is 0 Å². The smallest absolute Gasteiger partial charge is 0.315 e. The summed E-state index contributed by atoms with van der Waals surface area (Å²) >= 11 is 0. The Morgan fingerprint density at radius 2 is 2.07 bits per heavy atom. The van der Waals surface area contributed by atoms with Crippen molar-refractivity contribution in [1.82, 2.24) is 10.6 Å². The summed E-state index contributed by atoms with van der Waals surface area (Å²) in [7, 11) is -2.90. The van der Waals surface area contributed by atoms with Crippen LogP contribution < -0.4 is 10.6 Å². The lowest BCUT2D eigenvalue weighted by atomic mass is 10.5. The summed E-state index contributed by atoms with van der Waals surface area (Å²) in [5.41, 5.74) is 0. The molecule has 0 heterocycles. The fourth-order valence-electron chi connectivity index (χ4n) is 1.00. The number of carbonyl (C=O) groups excluding carboxylic acids is 1. The third-order valence-corrected chi connectivity index (χ3v) is 2.92. The Bertz CT molecular complexity index is 296. The highest BCUT2D eigenvalue weighted by atomic mass is 32.2. The predicted octanol–water partition coefficient (Wildman–Crippen LogP) is -0.117. The minimum absolute atomic E-state index is 0.122. The molecule has 0 saturated heterocycles. The van der Waals surface area contributed by atoms with Crippen LogP contribution in [0, 0.1) is 0 Å². The first-order valence-corrected chi connectivity index (χ1v) is 6.75. The van der Waals surface area contributed by atoms with Gasteiger partial charge in [0.15, 0.2) is 0 Å². The van der Waals surface area contributed by atoms with Crippen LogP contribution in [0.3, 0.4) is 0 Å². The molecular weight excluding hydrogens is 204 g/mol. The van der Waals surface area contributed by atoms with Crippen molar-refractivity contribution in [2.75, 3.05) is 18.6 Å². The Labute approximate surface area is 84.2 Å². The second kappa shape index (κ2) is 4.63.